The number of carbonyl (C=O) groups excluding carboxylic acids is 3. The zero-order chi connectivity index (χ0) is 26.3. The lowest BCUT2D eigenvalue weighted by molar-refractivity contribution is -0.155. The first-order chi connectivity index (χ1) is 18.5. The molecule has 2 saturated heterocycles. The largest absolute Gasteiger partial charge is 0.465 e. The fraction of sp³-hybridized carbons (Fsp3) is 0.519. The summed E-state index contributed by atoms with van der Waals surface area (Å²) in [6.07, 6.45) is 9.23. The van der Waals surface area contributed by atoms with Crippen molar-refractivity contribution in [2.75, 3.05) is 26.3 Å². The molecule has 5 heterocycles. The number of hydrogen-bond acceptors (Lipinski definition) is 8. The van der Waals surface area contributed by atoms with Crippen LogP contribution in [0.1, 0.15) is 25.7 Å². The lowest BCUT2D eigenvalue weighted by atomic mass is 9.78. The van der Waals surface area contributed by atoms with E-state index < -0.39 is 35.6 Å². The fourth-order valence-corrected chi connectivity index (χ4v) is 6.24. The number of cyclic esters (lactones) is 1. The number of para-hydroxylation sites is 1. The monoisotopic (exact) mass is 521 g/mol. The van der Waals surface area contributed by atoms with E-state index in [0.29, 0.717) is 19.3 Å². The molecule has 1 N–H and O–H groups in total. The Hall–Kier alpha value is -3.57. The van der Waals surface area contributed by atoms with Gasteiger partial charge in [0.05, 0.1) is 24.1 Å². The first-order valence-corrected chi connectivity index (χ1v) is 13.2. The third-order valence-corrected chi connectivity index (χ3v) is 7.97. The normalized spacial score (nSPS) is 31.8. The maximum atomic E-state index is 14.3. The number of aliphatic hydroxyl groups is 1. The summed E-state index contributed by atoms with van der Waals surface area (Å²) in [6.45, 7) is 0.967. The van der Waals surface area contributed by atoms with Crippen molar-refractivity contribution in [3.63, 3.8) is 0 Å². The number of nitrogens with zero attached hydrogens (tertiary/aromatic N) is 5. The van der Waals surface area contributed by atoms with E-state index in [4.69, 9.17) is 9.47 Å². The highest BCUT2D eigenvalue weighted by molar-refractivity contribution is 5.99. The number of likely N-dealkylation sites (tertiary alicyclic amines) is 1. The average Bonchev–Trinajstić information content (AvgIpc) is 3.52. The van der Waals surface area contributed by atoms with Gasteiger partial charge >= 0.3 is 5.97 Å². The number of benzene rings is 1. The highest BCUT2D eigenvalue weighted by Gasteiger charge is 2.71. The predicted molar refractivity (Wildman–Crippen MR) is 134 cm³/mol. The number of carbonyl (C=O) groups is 3. The van der Waals surface area contributed by atoms with Crippen LogP contribution in [0, 0.1) is 11.8 Å². The van der Waals surface area contributed by atoms with Gasteiger partial charge in [0.25, 0.3) is 5.91 Å². The third kappa shape index (κ3) is 3.92. The van der Waals surface area contributed by atoms with Gasteiger partial charge in [-0.15, -0.1) is 5.10 Å². The summed E-state index contributed by atoms with van der Waals surface area (Å²) in [5.74, 6) is -2.77. The lowest BCUT2D eigenvalue weighted by Gasteiger charge is -2.35. The number of ether oxygens (including phenoxy) is 2. The van der Waals surface area contributed by atoms with Crippen LogP contribution < -0.4 is 0 Å². The van der Waals surface area contributed by atoms with E-state index in [1.165, 1.54) is 0 Å². The second kappa shape index (κ2) is 9.95. The summed E-state index contributed by atoms with van der Waals surface area (Å²) < 4.78 is 13.8. The van der Waals surface area contributed by atoms with E-state index in [2.05, 4.69) is 10.3 Å². The molecule has 0 saturated carbocycles. The number of aromatic nitrogens is 3. The molecule has 11 nitrogen and oxygen atoms in total. The topological polar surface area (TPSA) is 127 Å². The van der Waals surface area contributed by atoms with E-state index in [-0.39, 0.29) is 44.8 Å². The van der Waals surface area contributed by atoms with Crippen molar-refractivity contribution in [2.24, 2.45) is 11.8 Å². The van der Waals surface area contributed by atoms with Crippen LogP contribution >= 0.6 is 0 Å². The first kappa shape index (κ1) is 24.7. The van der Waals surface area contributed by atoms with E-state index >= 15 is 0 Å². The molecule has 2 amide bonds. The molecular weight excluding hydrogens is 490 g/mol. The smallest absolute Gasteiger partial charge is 0.312 e. The molecule has 2 fully saturated rings. The Labute approximate surface area is 219 Å². The van der Waals surface area contributed by atoms with Crippen LogP contribution in [0.4, 0.5) is 0 Å². The second-order valence-electron chi connectivity index (χ2n) is 10.2. The van der Waals surface area contributed by atoms with Crippen molar-refractivity contribution in [1.29, 1.82) is 0 Å². The zero-order valence-electron chi connectivity index (χ0n) is 21.0. The molecule has 0 radical (unpaired) electrons. The molecule has 200 valence electrons. The predicted octanol–water partition coefficient (Wildman–Crippen LogP) is 1.03. The molecule has 6 rings (SSSR count). The zero-order valence-corrected chi connectivity index (χ0v) is 21.0. The van der Waals surface area contributed by atoms with E-state index in [1.807, 2.05) is 48.6 Å². The van der Waals surface area contributed by atoms with Gasteiger partial charge < -0.3 is 24.4 Å². The Morgan fingerprint density at radius 3 is 2.84 bits per heavy atom. The number of esters is 1. The molecule has 1 spiro atoms. The molecule has 1 unspecified atom stereocenters. The fourth-order valence-electron chi connectivity index (χ4n) is 6.24. The van der Waals surface area contributed by atoms with Crippen molar-refractivity contribution in [3.05, 3.63) is 48.6 Å². The Bertz CT molecular complexity index is 1310. The van der Waals surface area contributed by atoms with E-state index in [0.717, 1.165) is 17.5 Å². The van der Waals surface area contributed by atoms with Gasteiger partial charge in [0, 0.05) is 19.7 Å². The quantitative estimate of drug-likeness (QED) is 0.339. The van der Waals surface area contributed by atoms with Crippen molar-refractivity contribution < 1.29 is 29.0 Å². The molecule has 5 atom stereocenters. The van der Waals surface area contributed by atoms with E-state index in [1.54, 1.807) is 14.5 Å². The molecule has 4 aliphatic rings. The number of fused-ring (bicyclic) bond motifs is 3. The highest BCUT2D eigenvalue weighted by Crippen LogP contribution is 2.53. The van der Waals surface area contributed by atoms with Gasteiger partial charge in [-0.2, -0.15) is 0 Å². The van der Waals surface area contributed by atoms with Crippen LogP contribution in [-0.2, 0) is 30.5 Å². The number of hydrogen-bond donors (Lipinski definition) is 1. The molecule has 0 aliphatic carbocycles. The van der Waals surface area contributed by atoms with Crippen LogP contribution in [0.15, 0.2) is 48.6 Å². The van der Waals surface area contributed by atoms with Crippen LogP contribution in [0.5, 0.6) is 0 Å². The standard InChI is InChI=1S/C27H31N5O6/c33-15-6-5-14-31-23-25(35)30(17-32-19-10-4-3-9-18(19)28-29-32)13-8-12-27(23)22(24(31)34)21-20(38-27)11-2-1-7-16-37-26(21)36/h2-4,8-12,20-23,33H,1,5-7,13-17H2/b11-2-/t20-,21+,22-,23?,27-/m0/s1. The average molecular weight is 522 g/mol. The summed E-state index contributed by atoms with van der Waals surface area (Å²) in [5.41, 5.74) is 0.216. The molecule has 1 aromatic heterocycles. The van der Waals surface area contributed by atoms with Crippen LogP contribution in [-0.4, -0.2) is 91.7 Å². The molecule has 38 heavy (non-hydrogen) atoms. The summed E-state index contributed by atoms with van der Waals surface area (Å²) in [4.78, 5) is 44.7. The highest BCUT2D eigenvalue weighted by atomic mass is 16.6. The Morgan fingerprint density at radius 2 is 1.97 bits per heavy atom. The Kier molecular flexibility index (Phi) is 6.48. The molecular formula is C27H31N5O6. The van der Waals surface area contributed by atoms with E-state index in [9.17, 15) is 19.5 Å². The number of amides is 2. The maximum Gasteiger partial charge on any atom is 0.312 e. The van der Waals surface area contributed by atoms with Crippen LogP contribution in [0.3, 0.4) is 0 Å². The van der Waals surface area contributed by atoms with Gasteiger partial charge in [-0.05, 0) is 37.8 Å². The van der Waals surface area contributed by atoms with Gasteiger partial charge in [0.1, 0.15) is 29.7 Å². The summed E-state index contributed by atoms with van der Waals surface area (Å²) in [7, 11) is 0. The van der Waals surface area contributed by atoms with Gasteiger partial charge in [-0.1, -0.05) is 41.7 Å². The number of allylic oxidation sites excluding steroid dienone is 1. The minimum absolute atomic E-state index is 0.0149. The summed E-state index contributed by atoms with van der Waals surface area (Å²) in [5, 5.41) is 17.8. The van der Waals surface area contributed by atoms with Gasteiger partial charge in [0.2, 0.25) is 5.91 Å². The number of aliphatic hydroxyl groups excluding tert-OH is 1. The molecule has 11 heteroatoms. The minimum atomic E-state index is -1.30. The van der Waals surface area contributed by atoms with Crippen LogP contribution in [0.25, 0.3) is 11.0 Å². The molecule has 4 aliphatic heterocycles. The number of unbranched alkanes of at least 4 members (excludes halogenated alkanes) is 1. The maximum absolute atomic E-state index is 14.3. The Balaban J connectivity index is 1.38. The summed E-state index contributed by atoms with van der Waals surface area (Å²) in [6, 6.07) is 6.56. The van der Waals surface area contributed by atoms with Gasteiger partial charge in [0.15, 0.2) is 0 Å². The van der Waals surface area contributed by atoms with Crippen LogP contribution in [0.2, 0.25) is 0 Å². The molecule has 1 aromatic carbocycles. The van der Waals surface area contributed by atoms with Crippen molar-refractivity contribution in [2.45, 2.75) is 50.1 Å². The minimum Gasteiger partial charge on any atom is -0.465 e. The van der Waals surface area contributed by atoms with Gasteiger partial charge in [-0.3, -0.25) is 14.4 Å². The third-order valence-electron chi connectivity index (χ3n) is 7.97. The van der Waals surface area contributed by atoms with Crippen molar-refractivity contribution >= 4 is 28.8 Å². The Morgan fingerprint density at radius 1 is 1.11 bits per heavy atom. The summed E-state index contributed by atoms with van der Waals surface area (Å²) >= 11 is 0. The second-order valence-corrected chi connectivity index (χ2v) is 10.2. The van der Waals surface area contributed by atoms with Crippen molar-refractivity contribution in [3.8, 4) is 0 Å². The lowest BCUT2D eigenvalue weighted by Crippen LogP contribution is -2.55. The molecule has 0 bridgehead atoms. The molecule has 2 aromatic rings. The SMILES string of the molecule is O=C1OCCC/C=C\[C@@H]2O[C@]34C=CCN(Cn5nnc6ccccc65)C(=O)C3N(CCCCO)C(=O)[C@@H]4[C@H]12. The number of rotatable bonds is 6. The first-order valence-electron chi connectivity index (χ1n) is 13.2. The van der Waals surface area contributed by atoms with Gasteiger partial charge in [-0.25, -0.2) is 4.68 Å². The van der Waals surface area contributed by atoms with Crippen molar-refractivity contribution in [1.82, 2.24) is 24.8 Å².